The van der Waals surface area contributed by atoms with Gasteiger partial charge < -0.3 is 14.2 Å². The zero-order valence-corrected chi connectivity index (χ0v) is 9.99. The Hall–Kier alpha value is -1.71. The molecule has 0 aliphatic heterocycles. The van der Waals surface area contributed by atoms with Crippen LogP contribution < -0.4 is 9.47 Å². The molecule has 4 heteroatoms. The van der Waals surface area contributed by atoms with Gasteiger partial charge >= 0.3 is 5.97 Å². The SMILES string of the molecule is COc1cc(COC(C)=O)c(OC)cc1C. The van der Waals surface area contributed by atoms with Crippen LogP contribution in [0.4, 0.5) is 0 Å². The first-order valence-electron chi connectivity index (χ1n) is 4.93. The molecule has 0 aromatic heterocycles. The highest BCUT2D eigenvalue weighted by molar-refractivity contribution is 5.66. The molecular weight excluding hydrogens is 208 g/mol. The first-order valence-corrected chi connectivity index (χ1v) is 4.93. The second-order valence-corrected chi connectivity index (χ2v) is 3.41. The van der Waals surface area contributed by atoms with E-state index >= 15 is 0 Å². The van der Waals surface area contributed by atoms with Crippen molar-refractivity contribution < 1.29 is 19.0 Å². The minimum absolute atomic E-state index is 0.190. The molecule has 0 unspecified atom stereocenters. The van der Waals surface area contributed by atoms with Crippen LogP contribution in [0.25, 0.3) is 0 Å². The van der Waals surface area contributed by atoms with Crippen molar-refractivity contribution in [1.82, 2.24) is 0 Å². The van der Waals surface area contributed by atoms with E-state index in [0.29, 0.717) is 5.75 Å². The van der Waals surface area contributed by atoms with Gasteiger partial charge in [0.05, 0.1) is 14.2 Å². The summed E-state index contributed by atoms with van der Waals surface area (Å²) in [5.41, 5.74) is 1.77. The fraction of sp³-hybridized carbons (Fsp3) is 0.417. The van der Waals surface area contributed by atoms with Crippen molar-refractivity contribution in [3.8, 4) is 11.5 Å². The highest BCUT2D eigenvalue weighted by Crippen LogP contribution is 2.28. The molecule has 0 bridgehead atoms. The summed E-state index contributed by atoms with van der Waals surface area (Å²) < 4.78 is 15.3. The third-order valence-corrected chi connectivity index (χ3v) is 2.23. The number of rotatable bonds is 4. The van der Waals surface area contributed by atoms with Gasteiger partial charge in [-0.15, -0.1) is 0 Å². The Labute approximate surface area is 95.1 Å². The number of benzene rings is 1. The summed E-state index contributed by atoms with van der Waals surface area (Å²) in [6.07, 6.45) is 0. The van der Waals surface area contributed by atoms with Crippen LogP contribution in [0.2, 0.25) is 0 Å². The minimum Gasteiger partial charge on any atom is -0.496 e. The van der Waals surface area contributed by atoms with E-state index in [2.05, 4.69) is 0 Å². The van der Waals surface area contributed by atoms with Gasteiger partial charge in [-0.05, 0) is 24.6 Å². The third kappa shape index (κ3) is 2.89. The molecule has 0 saturated carbocycles. The lowest BCUT2D eigenvalue weighted by Gasteiger charge is -2.12. The Bertz CT molecular complexity index is 385. The Kier molecular flexibility index (Phi) is 4.17. The molecule has 0 heterocycles. The average Bonchev–Trinajstić information content (AvgIpc) is 2.26. The number of hydrogen-bond donors (Lipinski definition) is 0. The van der Waals surface area contributed by atoms with Crippen LogP contribution in [0.5, 0.6) is 11.5 Å². The van der Waals surface area contributed by atoms with Gasteiger partial charge in [0, 0.05) is 12.5 Å². The molecule has 0 spiro atoms. The maximum atomic E-state index is 10.7. The summed E-state index contributed by atoms with van der Waals surface area (Å²) in [6.45, 7) is 3.49. The number of carbonyl (C=O) groups is 1. The normalized spacial score (nSPS) is 9.75. The smallest absolute Gasteiger partial charge is 0.302 e. The van der Waals surface area contributed by atoms with E-state index in [1.165, 1.54) is 6.92 Å². The molecular formula is C12H16O4. The summed E-state index contributed by atoms with van der Waals surface area (Å²) in [4.78, 5) is 10.7. The molecule has 0 N–H and O–H groups in total. The molecule has 1 aromatic carbocycles. The van der Waals surface area contributed by atoms with Crippen molar-refractivity contribution >= 4 is 5.97 Å². The summed E-state index contributed by atoms with van der Waals surface area (Å²) >= 11 is 0. The third-order valence-electron chi connectivity index (χ3n) is 2.23. The predicted molar refractivity (Wildman–Crippen MR) is 59.8 cm³/mol. The van der Waals surface area contributed by atoms with Gasteiger partial charge in [0.1, 0.15) is 18.1 Å². The van der Waals surface area contributed by atoms with Crippen LogP contribution in [0.15, 0.2) is 12.1 Å². The number of ether oxygens (including phenoxy) is 3. The molecule has 4 nitrogen and oxygen atoms in total. The number of methoxy groups -OCH3 is 2. The van der Waals surface area contributed by atoms with E-state index in [4.69, 9.17) is 14.2 Å². The number of esters is 1. The van der Waals surface area contributed by atoms with E-state index in [-0.39, 0.29) is 12.6 Å². The van der Waals surface area contributed by atoms with E-state index in [1.54, 1.807) is 14.2 Å². The fourth-order valence-corrected chi connectivity index (χ4v) is 1.41. The first kappa shape index (κ1) is 12.4. The second-order valence-electron chi connectivity index (χ2n) is 3.41. The van der Waals surface area contributed by atoms with Crippen LogP contribution >= 0.6 is 0 Å². The van der Waals surface area contributed by atoms with Crippen LogP contribution in [-0.2, 0) is 16.1 Å². The van der Waals surface area contributed by atoms with E-state index in [9.17, 15) is 4.79 Å². The Morgan fingerprint density at radius 3 is 2.31 bits per heavy atom. The van der Waals surface area contributed by atoms with Crippen molar-refractivity contribution in [2.24, 2.45) is 0 Å². The van der Waals surface area contributed by atoms with Gasteiger partial charge in [0.25, 0.3) is 0 Å². The van der Waals surface area contributed by atoms with Crippen molar-refractivity contribution in [2.75, 3.05) is 14.2 Å². The van der Waals surface area contributed by atoms with Gasteiger partial charge in [0.15, 0.2) is 0 Å². The predicted octanol–water partition coefficient (Wildman–Crippen LogP) is 2.08. The van der Waals surface area contributed by atoms with Gasteiger partial charge in [-0.2, -0.15) is 0 Å². The van der Waals surface area contributed by atoms with Crippen LogP contribution in [0.3, 0.4) is 0 Å². The van der Waals surface area contributed by atoms with Gasteiger partial charge in [-0.1, -0.05) is 0 Å². The maximum absolute atomic E-state index is 10.7. The molecule has 16 heavy (non-hydrogen) atoms. The van der Waals surface area contributed by atoms with Gasteiger partial charge in [0.2, 0.25) is 0 Å². The lowest BCUT2D eigenvalue weighted by atomic mass is 10.1. The molecule has 0 amide bonds. The molecule has 1 aromatic rings. The Morgan fingerprint density at radius 1 is 1.19 bits per heavy atom. The molecule has 1 rings (SSSR count). The Balaban J connectivity index is 2.99. The van der Waals surface area contributed by atoms with Crippen LogP contribution in [-0.4, -0.2) is 20.2 Å². The molecule has 0 saturated heterocycles. The van der Waals surface area contributed by atoms with E-state index in [1.807, 2.05) is 19.1 Å². The number of hydrogen-bond acceptors (Lipinski definition) is 4. The quantitative estimate of drug-likeness (QED) is 0.734. The number of carbonyl (C=O) groups excluding carboxylic acids is 1. The molecule has 0 aliphatic rings. The lowest BCUT2D eigenvalue weighted by molar-refractivity contribution is -0.142. The first-order chi connectivity index (χ1) is 7.58. The van der Waals surface area contributed by atoms with Gasteiger partial charge in [-0.25, -0.2) is 0 Å². The van der Waals surface area contributed by atoms with Crippen LogP contribution in [0.1, 0.15) is 18.1 Å². The van der Waals surface area contributed by atoms with Crippen molar-refractivity contribution in [2.45, 2.75) is 20.5 Å². The second kappa shape index (κ2) is 5.39. The molecule has 88 valence electrons. The summed E-state index contributed by atoms with van der Waals surface area (Å²) in [6, 6.07) is 3.68. The topological polar surface area (TPSA) is 44.8 Å². The molecule has 0 fully saturated rings. The highest BCUT2D eigenvalue weighted by Gasteiger charge is 2.09. The van der Waals surface area contributed by atoms with Gasteiger partial charge in [-0.3, -0.25) is 4.79 Å². The minimum atomic E-state index is -0.318. The number of aryl methyl sites for hydroxylation is 1. The van der Waals surface area contributed by atoms with Crippen LogP contribution in [0, 0.1) is 6.92 Å². The lowest BCUT2D eigenvalue weighted by Crippen LogP contribution is -2.02. The maximum Gasteiger partial charge on any atom is 0.302 e. The Morgan fingerprint density at radius 2 is 1.81 bits per heavy atom. The highest BCUT2D eigenvalue weighted by atomic mass is 16.5. The summed E-state index contributed by atoms with van der Waals surface area (Å²) in [7, 11) is 3.18. The van der Waals surface area contributed by atoms with E-state index in [0.717, 1.165) is 16.9 Å². The standard InChI is InChI=1S/C12H16O4/c1-8-5-12(15-4)10(6-11(8)14-3)7-16-9(2)13/h5-6H,7H2,1-4H3. The monoisotopic (exact) mass is 224 g/mol. The van der Waals surface area contributed by atoms with Crippen molar-refractivity contribution in [1.29, 1.82) is 0 Å². The largest absolute Gasteiger partial charge is 0.496 e. The molecule has 0 atom stereocenters. The van der Waals surface area contributed by atoms with Crippen molar-refractivity contribution in [3.05, 3.63) is 23.3 Å². The van der Waals surface area contributed by atoms with Crippen molar-refractivity contribution in [3.63, 3.8) is 0 Å². The zero-order valence-electron chi connectivity index (χ0n) is 9.99. The molecule has 0 aliphatic carbocycles. The fourth-order valence-electron chi connectivity index (χ4n) is 1.41. The summed E-state index contributed by atoms with van der Waals surface area (Å²) in [5, 5.41) is 0. The zero-order chi connectivity index (χ0) is 12.1. The average molecular weight is 224 g/mol. The van der Waals surface area contributed by atoms with E-state index < -0.39 is 0 Å². The molecule has 0 radical (unpaired) electrons. The summed E-state index contributed by atoms with van der Waals surface area (Å²) in [5.74, 6) is 1.13.